The highest BCUT2D eigenvalue weighted by Crippen LogP contribution is 2.22. The lowest BCUT2D eigenvalue weighted by atomic mass is 10.0. The summed E-state index contributed by atoms with van der Waals surface area (Å²) in [6.07, 6.45) is 2.80. The predicted molar refractivity (Wildman–Crippen MR) is 78.1 cm³/mol. The fourth-order valence-corrected chi connectivity index (χ4v) is 2.90. The molecule has 7 heteroatoms. The number of hydrogen-bond donors (Lipinski definition) is 1. The predicted octanol–water partition coefficient (Wildman–Crippen LogP) is 1.51. The molecule has 1 aliphatic heterocycles. The molecule has 1 amide bonds. The molecule has 0 aliphatic carbocycles. The first kappa shape index (κ1) is 15.9. The molecule has 1 saturated heterocycles. The molecule has 2 N–H and O–H groups in total. The minimum Gasteiger partial charge on any atom is -0.271 e. The van der Waals surface area contributed by atoms with Gasteiger partial charge < -0.3 is 0 Å². The van der Waals surface area contributed by atoms with Crippen LogP contribution in [0.15, 0.2) is 17.0 Å². The summed E-state index contributed by atoms with van der Waals surface area (Å²) in [4.78, 5) is 18.0. The average molecular weight is 312 g/mol. The Hall–Kier alpha value is -1.44. The fourth-order valence-electron chi connectivity index (χ4n) is 2.28. The Balaban J connectivity index is 2.42. The first-order valence-electron chi connectivity index (χ1n) is 6.89. The molecule has 1 aromatic rings. The van der Waals surface area contributed by atoms with Crippen LogP contribution in [0.4, 0.5) is 0 Å². The SMILES string of the molecule is Cc1cc(S(N)(=O)=O)cc(C(=O)N2CCCCCO2)c1C. The van der Waals surface area contributed by atoms with Gasteiger partial charge in [0.05, 0.1) is 11.5 Å². The molecule has 6 nitrogen and oxygen atoms in total. The third-order valence-corrected chi connectivity index (χ3v) is 4.57. The van der Waals surface area contributed by atoms with Crippen LogP contribution in [0.5, 0.6) is 0 Å². The summed E-state index contributed by atoms with van der Waals surface area (Å²) in [5.41, 5.74) is 1.76. The van der Waals surface area contributed by atoms with E-state index in [0.717, 1.165) is 24.8 Å². The quantitative estimate of drug-likeness (QED) is 0.896. The zero-order chi connectivity index (χ0) is 15.6. The second-order valence-electron chi connectivity index (χ2n) is 5.26. The van der Waals surface area contributed by atoms with Crippen LogP contribution in [-0.4, -0.2) is 32.5 Å². The molecule has 1 aromatic carbocycles. The van der Waals surface area contributed by atoms with Gasteiger partial charge in [-0.15, -0.1) is 0 Å². The first-order chi connectivity index (χ1) is 9.80. The highest BCUT2D eigenvalue weighted by atomic mass is 32.2. The second kappa shape index (κ2) is 6.13. The third kappa shape index (κ3) is 3.61. The Morgan fingerprint density at radius 1 is 1.24 bits per heavy atom. The lowest BCUT2D eigenvalue weighted by Gasteiger charge is -2.21. The van der Waals surface area contributed by atoms with E-state index in [9.17, 15) is 13.2 Å². The van der Waals surface area contributed by atoms with Crippen molar-refractivity contribution in [3.63, 3.8) is 0 Å². The molecule has 0 bridgehead atoms. The standard InChI is InChI=1S/C14H20N2O4S/c1-10-8-12(21(15,18)19)9-13(11(10)2)14(17)16-6-4-3-5-7-20-16/h8-9H,3-7H2,1-2H3,(H2,15,18,19). The van der Waals surface area contributed by atoms with E-state index < -0.39 is 10.0 Å². The summed E-state index contributed by atoms with van der Waals surface area (Å²) in [7, 11) is -3.85. The zero-order valence-corrected chi connectivity index (χ0v) is 13.1. The number of carbonyl (C=O) groups excluding carboxylic acids is 1. The number of primary sulfonamides is 1. The maximum Gasteiger partial charge on any atom is 0.277 e. The number of benzene rings is 1. The summed E-state index contributed by atoms with van der Waals surface area (Å²) in [6.45, 7) is 4.55. The van der Waals surface area contributed by atoms with Crippen LogP contribution in [0.3, 0.4) is 0 Å². The van der Waals surface area contributed by atoms with E-state index in [0.29, 0.717) is 24.3 Å². The average Bonchev–Trinajstić information content (AvgIpc) is 2.68. The van der Waals surface area contributed by atoms with Gasteiger partial charge in [-0.05, 0) is 56.4 Å². The zero-order valence-electron chi connectivity index (χ0n) is 12.3. The van der Waals surface area contributed by atoms with Crippen molar-refractivity contribution in [2.75, 3.05) is 13.2 Å². The molecule has 1 aliphatic rings. The maximum absolute atomic E-state index is 12.6. The number of hydroxylamine groups is 2. The van der Waals surface area contributed by atoms with Crippen LogP contribution in [0, 0.1) is 13.8 Å². The number of aryl methyl sites for hydroxylation is 1. The summed E-state index contributed by atoms with van der Waals surface area (Å²) < 4.78 is 23.0. The molecule has 0 unspecified atom stereocenters. The first-order valence-corrected chi connectivity index (χ1v) is 8.44. The van der Waals surface area contributed by atoms with Gasteiger partial charge in [0.2, 0.25) is 10.0 Å². The lowest BCUT2D eigenvalue weighted by molar-refractivity contribution is -0.115. The minimum absolute atomic E-state index is 0.0521. The van der Waals surface area contributed by atoms with E-state index in [4.69, 9.17) is 9.98 Å². The van der Waals surface area contributed by atoms with Gasteiger partial charge in [0, 0.05) is 12.1 Å². The molecular formula is C14H20N2O4S. The van der Waals surface area contributed by atoms with Crippen molar-refractivity contribution in [1.29, 1.82) is 0 Å². The Bertz CT molecular complexity index is 647. The van der Waals surface area contributed by atoms with Gasteiger partial charge in [-0.3, -0.25) is 9.63 Å². The number of carbonyl (C=O) groups is 1. The monoisotopic (exact) mass is 312 g/mol. The van der Waals surface area contributed by atoms with Gasteiger partial charge >= 0.3 is 0 Å². The number of nitrogens with zero attached hydrogens (tertiary/aromatic N) is 1. The third-order valence-electron chi connectivity index (χ3n) is 3.68. The second-order valence-corrected chi connectivity index (χ2v) is 6.82. The molecule has 21 heavy (non-hydrogen) atoms. The molecule has 2 rings (SSSR count). The summed E-state index contributed by atoms with van der Waals surface area (Å²) in [5, 5.41) is 6.49. The van der Waals surface area contributed by atoms with Crippen molar-refractivity contribution < 1.29 is 18.0 Å². The van der Waals surface area contributed by atoms with Crippen LogP contribution in [0.2, 0.25) is 0 Å². The number of hydrogen-bond acceptors (Lipinski definition) is 4. The minimum atomic E-state index is -3.85. The van der Waals surface area contributed by atoms with E-state index in [1.54, 1.807) is 13.8 Å². The van der Waals surface area contributed by atoms with Crippen molar-refractivity contribution in [3.05, 3.63) is 28.8 Å². The van der Waals surface area contributed by atoms with Crippen molar-refractivity contribution in [1.82, 2.24) is 5.06 Å². The van der Waals surface area contributed by atoms with Gasteiger partial charge in [-0.1, -0.05) is 0 Å². The van der Waals surface area contributed by atoms with Crippen molar-refractivity contribution in [3.8, 4) is 0 Å². The van der Waals surface area contributed by atoms with E-state index in [1.165, 1.54) is 17.2 Å². The molecule has 0 spiro atoms. The van der Waals surface area contributed by atoms with Gasteiger partial charge in [-0.25, -0.2) is 18.6 Å². The Morgan fingerprint density at radius 2 is 1.95 bits per heavy atom. The van der Waals surface area contributed by atoms with Crippen molar-refractivity contribution in [2.45, 2.75) is 38.0 Å². The van der Waals surface area contributed by atoms with Gasteiger partial charge in [-0.2, -0.15) is 0 Å². The largest absolute Gasteiger partial charge is 0.277 e. The van der Waals surface area contributed by atoms with E-state index >= 15 is 0 Å². The Labute approximate surface area is 124 Å². The summed E-state index contributed by atoms with van der Waals surface area (Å²) in [5.74, 6) is -0.317. The van der Waals surface area contributed by atoms with Gasteiger partial charge in [0.25, 0.3) is 5.91 Å². The number of rotatable bonds is 2. The molecule has 0 aromatic heterocycles. The van der Waals surface area contributed by atoms with Crippen LogP contribution in [0.1, 0.15) is 40.7 Å². The number of amides is 1. The molecule has 1 fully saturated rings. The van der Waals surface area contributed by atoms with Crippen LogP contribution in [-0.2, 0) is 14.9 Å². The highest BCUT2D eigenvalue weighted by molar-refractivity contribution is 7.89. The summed E-state index contributed by atoms with van der Waals surface area (Å²) in [6, 6.07) is 2.80. The van der Waals surface area contributed by atoms with E-state index in [1.807, 2.05) is 0 Å². The van der Waals surface area contributed by atoms with Crippen LogP contribution < -0.4 is 5.14 Å². The smallest absolute Gasteiger partial charge is 0.271 e. The van der Waals surface area contributed by atoms with Crippen LogP contribution >= 0.6 is 0 Å². The van der Waals surface area contributed by atoms with E-state index in [-0.39, 0.29) is 10.8 Å². The summed E-state index contributed by atoms with van der Waals surface area (Å²) >= 11 is 0. The fraction of sp³-hybridized carbons (Fsp3) is 0.500. The molecule has 116 valence electrons. The molecule has 0 radical (unpaired) electrons. The number of sulfonamides is 1. The van der Waals surface area contributed by atoms with Gasteiger partial charge in [0.1, 0.15) is 0 Å². The van der Waals surface area contributed by atoms with Crippen molar-refractivity contribution >= 4 is 15.9 Å². The van der Waals surface area contributed by atoms with E-state index in [2.05, 4.69) is 0 Å². The molecule has 0 atom stereocenters. The Kier molecular flexibility index (Phi) is 4.65. The Morgan fingerprint density at radius 3 is 2.62 bits per heavy atom. The van der Waals surface area contributed by atoms with Crippen LogP contribution in [0.25, 0.3) is 0 Å². The van der Waals surface area contributed by atoms with Crippen molar-refractivity contribution in [2.24, 2.45) is 5.14 Å². The topological polar surface area (TPSA) is 89.7 Å². The lowest BCUT2D eigenvalue weighted by Crippen LogP contribution is -2.32. The number of nitrogens with two attached hydrogens (primary N) is 1. The van der Waals surface area contributed by atoms with Gasteiger partial charge in [0.15, 0.2) is 0 Å². The highest BCUT2D eigenvalue weighted by Gasteiger charge is 2.23. The molecular weight excluding hydrogens is 292 g/mol. The molecule has 0 saturated carbocycles. The molecule has 1 heterocycles. The maximum atomic E-state index is 12.6. The normalized spacial score (nSPS) is 16.6.